The van der Waals surface area contributed by atoms with Gasteiger partial charge in [0.1, 0.15) is 11.5 Å². The zero-order valence-corrected chi connectivity index (χ0v) is 19.2. The number of aromatic nitrogens is 3. The second kappa shape index (κ2) is 10.2. The van der Waals surface area contributed by atoms with E-state index in [1.807, 2.05) is 77.3 Å². The molecule has 0 radical (unpaired) electrons. The van der Waals surface area contributed by atoms with E-state index in [9.17, 15) is 9.59 Å². The summed E-state index contributed by atoms with van der Waals surface area (Å²) in [5.74, 6) is 0.702. The average Bonchev–Trinajstić information content (AvgIpc) is 3.30. The SMILES string of the molecule is O=C(/C=C/c1ccccc1)N1CCN(C(=O)CNc2c(-c3ccccc3)nc3cnccn23)CC1. The first-order chi connectivity index (χ1) is 17.2. The molecule has 8 nitrogen and oxygen atoms in total. The molecular weight excluding hydrogens is 440 g/mol. The molecular formula is C27H26N6O2. The Kier molecular flexibility index (Phi) is 6.52. The van der Waals surface area contributed by atoms with Gasteiger partial charge in [0.2, 0.25) is 11.8 Å². The van der Waals surface area contributed by atoms with Crippen LogP contribution in [0.2, 0.25) is 0 Å². The monoisotopic (exact) mass is 466 g/mol. The Morgan fingerprint density at radius 2 is 1.60 bits per heavy atom. The number of piperazine rings is 1. The van der Waals surface area contributed by atoms with E-state index in [2.05, 4.69) is 10.3 Å². The Bertz CT molecular complexity index is 1340. The van der Waals surface area contributed by atoms with Crippen LogP contribution < -0.4 is 5.32 Å². The lowest BCUT2D eigenvalue weighted by molar-refractivity contribution is -0.135. The highest BCUT2D eigenvalue weighted by molar-refractivity contribution is 5.92. The van der Waals surface area contributed by atoms with Crippen molar-refractivity contribution in [2.75, 3.05) is 38.0 Å². The first-order valence-electron chi connectivity index (χ1n) is 11.6. The van der Waals surface area contributed by atoms with E-state index >= 15 is 0 Å². The number of nitrogens with zero attached hydrogens (tertiary/aromatic N) is 5. The molecule has 0 bridgehead atoms. The lowest BCUT2D eigenvalue weighted by atomic mass is 10.1. The Labute approximate surface area is 203 Å². The fraction of sp³-hybridized carbons (Fsp3) is 0.185. The fourth-order valence-corrected chi connectivity index (χ4v) is 4.16. The third-order valence-electron chi connectivity index (χ3n) is 6.05. The van der Waals surface area contributed by atoms with Gasteiger partial charge in [-0.1, -0.05) is 60.7 Å². The summed E-state index contributed by atoms with van der Waals surface area (Å²) in [6.07, 6.45) is 8.63. The molecule has 1 fully saturated rings. The summed E-state index contributed by atoms with van der Waals surface area (Å²) in [5, 5.41) is 3.29. The highest BCUT2D eigenvalue weighted by atomic mass is 16.2. The van der Waals surface area contributed by atoms with Crippen LogP contribution in [-0.2, 0) is 9.59 Å². The molecule has 0 saturated carbocycles. The standard InChI is InChI=1S/C27H26N6O2/c34-24(12-11-21-7-3-1-4-8-21)31-15-17-32(18-16-31)25(35)20-29-27-26(22-9-5-2-6-10-22)30-23-19-28-13-14-33(23)27/h1-14,19,29H,15-18,20H2/b12-11+. The summed E-state index contributed by atoms with van der Waals surface area (Å²) in [6, 6.07) is 19.6. The molecule has 1 aliphatic rings. The summed E-state index contributed by atoms with van der Waals surface area (Å²) < 4.78 is 1.90. The van der Waals surface area contributed by atoms with Gasteiger partial charge in [-0.15, -0.1) is 0 Å². The maximum absolute atomic E-state index is 13.0. The number of nitrogens with one attached hydrogen (secondary N) is 1. The van der Waals surface area contributed by atoms with Gasteiger partial charge in [0.15, 0.2) is 5.65 Å². The van der Waals surface area contributed by atoms with Crippen LogP contribution in [0.3, 0.4) is 0 Å². The summed E-state index contributed by atoms with van der Waals surface area (Å²) >= 11 is 0. The number of imidazole rings is 1. The summed E-state index contributed by atoms with van der Waals surface area (Å²) in [4.78, 5) is 37.9. The van der Waals surface area contributed by atoms with Crippen LogP contribution in [-0.4, -0.2) is 68.7 Å². The molecule has 176 valence electrons. The molecule has 1 saturated heterocycles. The molecule has 0 unspecified atom stereocenters. The van der Waals surface area contributed by atoms with Crippen LogP contribution >= 0.6 is 0 Å². The molecule has 1 N–H and O–H groups in total. The highest BCUT2D eigenvalue weighted by Crippen LogP contribution is 2.28. The molecule has 0 spiro atoms. The molecule has 0 atom stereocenters. The van der Waals surface area contributed by atoms with Crippen LogP contribution in [0.5, 0.6) is 0 Å². The second-order valence-electron chi connectivity index (χ2n) is 8.28. The van der Waals surface area contributed by atoms with Crippen LogP contribution in [0.25, 0.3) is 23.0 Å². The number of fused-ring (bicyclic) bond motifs is 1. The predicted molar refractivity (Wildman–Crippen MR) is 136 cm³/mol. The number of amides is 2. The quantitative estimate of drug-likeness (QED) is 0.442. The topological polar surface area (TPSA) is 82.8 Å². The van der Waals surface area contributed by atoms with Gasteiger partial charge in [-0.05, 0) is 11.6 Å². The molecule has 2 aromatic heterocycles. The Balaban J connectivity index is 1.20. The normalized spacial score (nSPS) is 13.9. The van der Waals surface area contributed by atoms with Gasteiger partial charge >= 0.3 is 0 Å². The molecule has 1 aliphatic heterocycles. The van der Waals surface area contributed by atoms with E-state index in [1.165, 1.54) is 0 Å². The molecule has 0 aliphatic carbocycles. The van der Waals surface area contributed by atoms with Gasteiger partial charge in [-0.25, -0.2) is 4.98 Å². The van der Waals surface area contributed by atoms with E-state index in [4.69, 9.17) is 4.98 Å². The summed E-state index contributed by atoms with van der Waals surface area (Å²) in [5.41, 5.74) is 3.42. The Morgan fingerprint density at radius 1 is 0.914 bits per heavy atom. The van der Waals surface area contributed by atoms with E-state index in [1.54, 1.807) is 28.3 Å². The van der Waals surface area contributed by atoms with Gasteiger partial charge in [0.25, 0.3) is 0 Å². The van der Waals surface area contributed by atoms with Crippen LogP contribution in [0.4, 0.5) is 5.82 Å². The molecule has 3 heterocycles. The Morgan fingerprint density at radius 3 is 2.34 bits per heavy atom. The van der Waals surface area contributed by atoms with E-state index in [0.717, 1.165) is 22.6 Å². The van der Waals surface area contributed by atoms with Gasteiger partial charge < -0.3 is 15.1 Å². The number of rotatable bonds is 6. The number of carbonyl (C=O) groups excluding carboxylic acids is 2. The second-order valence-corrected chi connectivity index (χ2v) is 8.28. The van der Waals surface area contributed by atoms with Crippen molar-refractivity contribution >= 4 is 29.4 Å². The third-order valence-corrected chi connectivity index (χ3v) is 6.05. The minimum Gasteiger partial charge on any atom is -0.360 e. The first-order valence-corrected chi connectivity index (χ1v) is 11.6. The van der Waals surface area contributed by atoms with Crippen molar-refractivity contribution in [2.24, 2.45) is 0 Å². The van der Waals surface area contributed by atoms with Crippen molar-refractivity contribution in [3.8, 4) is 11.3 Å². The van der Waals surface area contributed by atoms with Crippen molar-refractivity contribution in [3.63, 3.8) is 0 Å². The number of carbonyl (C=O) groups is 2. The fourth-order valence-electron chi connectivity index (χ4n) is 4.16. The molecule has 5 rings (SSSR count). The van der Waals surface area contributed by atoms with Crippen molar-refractivity contribution in [2.45, 2.75) is 0 Å². The molecule has 2 amide bonds. The number of anilines is 1. The number of hydrogen-bond acceptors (Lipinski definition) is 5. The van der Waals surface area contributed by atoms with Crippen LogP contribution in [0, 0.1) is 0 Å². The zero-order valence-electron chi connectivity index (χ0n) is 19.2. The van der Waals surface area contributed by atoms with Crippen molar-refractivity contribution in [1.29, 1.82) is 0 Å². The molecule has 35 heavy (non-hydrogen) atoms. The van der Waals surface area contributed by atoms with E-state index in [-0.39, 0.29) is 18.4 Å². The lowest BCUT2D eigenvalue weighted by Gasteiger charge is -2.34. The van der Waals surface area contributed by atoms with Crippen molar-refractivity contribution in [3.05, 3.63) is 90.9 Å². The smallest absolute Gasteiger partial charge is 0.246 e. The van der Waals surface area contributed by atoms with E-state index < -0.39 is 0 Å². The minimum absolute atomic E-state index is 0.0139. The van der Waals surface area contributed by atoms with Gasteiger partial charge in [-0.2, -0.15) is 0 Å². The van der Waals surface area contributed by atoms with Crippen LogP contribution in [0.15, 0.2) is 85.3 Å². The number of hydrogen-bond donors (Lipinski definition) is 1. The molecule has 2 aromatic carbocycles. The van der Waals surface area contributed by atoms with Crippen molar-refractivity contribution in [1.82, 2.24) is 24.2 Å². The average molecular weight is 467 g/mol. The van der Waals surface area contributed by atoms with Crippen LogP contribution in [0.1, 0.15) is 5.56 Å². The lowest BCUT2D eigenvalue weighted by Crippen LogP contribution is -2.51. The third kappa shape index (κ3) is 5.06. The van der Waals surface area contributed by atoms with E-state index in [0.29, 0.717) is 31.8 Å². The molecule has 8 heteroatoms. The summed E-state index contributed by atoms with van der Waals surface area (Å²) in [7, 11) is 0. The first kappa shape index (κ1) is 22.3. The predicted octanol–water partition coefficient (Wildman–Crippen LogP) is 3.19. The molecule has 4 aromatic rings. The maximum atomic E-state index is 13.0. The zero-order chi connectivity index (χ0) is 24.0. The van der Waals surface area contributed by atoms with Gasteiger partial charge in [0, 0.05) is 50.2 Å². The Hall–Kier alpha value is -4.46. The minimum atomic E-state index is -0.0362. The van der Waals surface area contributed by atoms with Crippen molar-refractivity contribution < 1.29 is 9.59 Å². The number of benzene rings is 2. The summed E-state index contributed by atoms with van der Waals surface area (Å²) in [6.45, 7) is 2.18. The van der Waals surface area contributed by atoms with Gasteiger partial charge in [0.05, 0.1) is 12.7 Å². The largest absolute Gasteiger partial charge is 0.360 e. The highest BCUT2D eigenvalue weighted by Gasteiger charge is 2.23. The van der Waals surface area contributed by atoms with Gasteiger partial charge in [-0.3, -0.25) is 19.0 Å². The maximum Gasteiger partial charge on any atom is 0.246 e.